The SMILES string of the molecule is [C-]#[N+]c1cccc(CNC(=O)c2nn(-c3ccc(F)cc3)c(C=C[C@@H](O)C[C@@H](O)CC(=O)O)c2C(C)C)c1. The molecule has 0 radical (unpaired) electrons. The van der Waals surface area contributed by atoms with E-state index in [1.807, 2.05) is 13.8 Å². The van der Waals surface area contributed by atoms with Gasteiger partial charge in [0.25, 0.3) is 5.91 Å². The van der Waals surface area contributed by atoms with Gasteiger partial charge in [0.2, 0.25) is 0 Å². The lowest BCUT2D eigenvalue weighted by molar-refractivity contribution is -0.139. The molecule has 9 nitrogen and oxygen atoms in total. The molecule has 1 heterocycles. The molecule has 1 amide bonds. The molecule has 0 aliphatic rings. The van der Waals surface area contributed by atoms with Crippen LogP contribution in [0.4, 0.5) is 10.1 Å². The summed E-state index contributed by atoms with van der Waals surface area (Å²) in [6.45, 7) is 11.1. The Morgan fingerprint density at radius 1 is 1.18 bits per heavy atom. The Kier molecular flexibility index (Phi) is 9.49. The Balaban J connectivity index is 1.97. The van der Waals surface area contributed by atoms with Crippen molar-refractivity contribution in [2.75, 3.05) is 0 Å². The standard InChI is InChI=1S/C28H29FN4O5/c1-17(2)26-24(12-11-22(34)14-23(35)15-25(36)37)33(21-9-7-19(29)8-10-21)32-27(26)28(38)31-16-18-5-4-6-20(13-18)30-3/h4-13,17,22-23,34-35H,14-16H2,1-2H3,(H,31,38)(H,36,37)/t22-,23-/m1/s1. The van der Waals surface area contributed by atoms with E-state index in [2.05, 4.69) is 15.3 Å². The number of carboxylic acid groups (broad SMARTS) is 1. The van der Waals surface area contributed by atoms with Gasteiger partial charge in [-0.1, -0.05) is 44.2 Å². The van der Waals surface area contributed by atoms with E-state index >= 15 is 0 Å². The zero-order valence-electron chi connectivity index (χ0n) is 21.0. The molecule has 0 fully saturated rings. The molecule has 10 heteroatoms. The summed E-state index contributed by atoms with van der Waals surface area (Å²) in [5, 5.41) is 36.4. The van der Waals surface area contributed by atoms with Crippen LogP contribution in [0, 0.1) is 12.4 Å². The van der Waals surface area contributed by atoms with Crippen LogP contribution in [0.3, 0.4) is 0 Å². The average Bonchev–Trinajstić information content (AvgIpc) is 3.26. The largest absolute Gasteiger partial charge is 0.481 e. The van der Waals surface area contributed by atoms with E-state index in [1.165, 1.54) is 35.0 Å². The summed E-state index contributed by atoms with van der Waals surface area (Å²) in [7, 11) is 0. The van der Waals surface area contributed by atoms with Gasteiger partial charge in [-0.15, -0.1) is 0 Å². The molecule has 4 N–H and O–H groups in total. The van der Waals surface area contributed by atoms with Crippen molar-refractivity contribution >= 4 is 23.6 Å². The number of halogens is 1. The summed E-state index contributed by atoms with van der Waals surface area (Å²) >= 11 is 0. The monoisotopic (exact) mass is 520 g/mol. The summed E-state index contributed by atoms with van der Waals surface area (Å²) < 4.78 is 15.1. The van der Waals surface area contributed by atoms with Crippen molar-refractivity contribution in [3.8, 4) is 5.69 Å². The molecule has 0 saturated heterocycles. The number of rotatable bonds is 11. The van der Waals surface area contributed by atoms with E-state index in [4.69, 9.17) is 11.7 Å². The first-order valence-electron chi connectivity index (χ1n) is 12.0. The molecule has 0 unspecified atom stereocenters. The highest BCUT2D eigenvalue weighted by Gasteiger charge is 2.25. The van der Waals surface area contributed by atoms with Crippen LogP contribution in [-0.2, 0) is 11.3 Å². The molecule has 1 aromatic heterocycles. The summed E-state index contributed by atoms with van der Waals surface area (Å²) in [6, 6.07) is 12.4. The van der Waals surface area contributed by atoms with Crippen molar-refractivity contribution in [3.63, 3.8) is 0 Å². The minimum atomic E-state index is -1.23. The van der Waals surface area contributed by atoms with Gasteiger partial charge < -0.3 is 20.6 Å². The maximum atomic E-state index is 13.6. The second kappa shape index (κ2) is 12.8. The van der Waals surface area contributed by atoms with E-state index < -0.39 is 36.3 Å². The molecule has 38 heavy (non-hydrogen) atoms. The third-order valence-electron chi connectivity index (χ3n) is 5.72. The Bertz CT molecular complexity index is 1360. The first-order valence-corrected chi connectivity index (χ1v) is 12.0. The fourth-order valence-electron chi connectivity index (χ4n) is 3.97. The molecule has 0 spiro atoms. The lowest BCUT2D eigenvalue weighted by atomic mass is 9.98. The van der Waals surface area contributed by atoms with Crippen LogP contribution in [0.2, 0.25) is 0 Å². The third kappa shape index (κ3) is 7.35. The van der Waals surface area contributed by atoms with Crippen molar-refractivity contribution in [1.29, 1.82) is 0 Å². The summed E-state index contributed by atoms with van der Waals surface area (Å²) in [5.41, 5.74) is 2.89. The molecular formula is C28H29FN4O5. The van der Waals surface area contributed by atoms with Crippen LogP contribution in [0.1, 0.15) is 59.9 Å². The predicted octanol–water partition coefficient (Wildman–Crippen LogP) is 4.22. The van der Waals surface area contributed by atoms with Crippen LogP contribution >= 0.6 is 0 Å². The predicted molar refractivity (Wildman–Crippen MR) is 139 cm³/mol. The number of carbonyl (C=O) groups is 2. The zero-order chi connectivity index (χ0) is 27.8. The Labute approximate surface area is 219 Å². The fourth-order valence-corrected chi connectivity index (χ4v) is 3.97. The minimum absolute atomic E-state index is 0.144. The first kappa shape index (κ1) is 28.2. The van der Waals surface area contributed by atoms with Gasteiger partial charge >= 0.3 is 5.97 Å². The number of aliphatic carboxylic acids is 1. The number of carbonyl (C=O) groups excluding carboxylic acids is 1. The number of benzene rings is 2. The number of aromatic nitrogens is 2. The van der Waals surface area contributed by atoms with E-state index in [9.17, 15) is 24.2 Å². The van der Waals surface area contributed by atoms with E-state index in [0.717, 1.165) is 5.56 Å². The summed E-state index contributed by atoms with van der Waals surface area (Å²) in [5.74, 6) is -2.24. The molecular weight excluding hydrogens is 491 g/mol. The lowest BCUT2D eigenvalue weighted by Gasteiger charge is -2.12. The molecule has 2 aromatic carbocycles. The van der Waals surface area contributed by atoms with Crippen LogP contribution in [0.15, 0.2) is 54.6 Å². The number of nitrogens with zero attached hydrogens (tertiary/aromatic N) is 3. The normalized spacial score (nSPS) is 12.9. The average molecular weight is 521 g/mol. The fraction of sp³-hybridized carbons (Fsp3) is 0.286. The molecule has 198 valence electrons. The number of hydrogen-bond donors (Lipinski definition) is 4. The number of aliphatic hydroxyl groups is 2. The highest BCUT2D eigenvalue weighted by Crippen LogP contribution is 2.28. The number of carboxylic acids is 1. The third-order valence-corrected chi connectivity index (χ3v) is 5.72. The molecule has 3 rings (SSSR count). The molecule has 0 aliphatic carbocycles. The van der Waals surface area contributed by atoms with Crippen LogP contribution in [-0.4, -0.2) is 49.2 Å². The number of hydrogen-bond acceptors (Lipinski definition) is 5. The quantitative estimate of drug-likeness (QED) is 0.280. The van der Waals surface area contributed by atoms with Crippen molar-refractivity contribution < 1.29 is 29.3 Å². The van der Waals surface area contributed by atoms with Gasteiger partial charge in [-0.2, -0.15) is 5.10 Å². The lowest BCUT2D eigenvalue weighted by Crippen LogP contribution is -2.24. The van der Waals surface area contributed by atoms with Gasteiger partial charge in [0.05, 0.1) is 36.6 Å². The minimum Gasteiger partial charge on any atom is -0.481 e. The molecule has 0 bridgehead atoms. The number of aliphatic hydroxyl groups excluding tert-OH is 2. The molecule has 2 atom stereocenters. The highest BCUT2D eigenvalue weighted by molar-refractivity contribution is 5.95. The van der Waals surface area contributed by atoms with Crippen molar-refractivity contribution in [2.45, 2.75) is 51.4 Å². The number of nitrogens with one attached hydrogen (secondary N) is 1. The number of amides is 1. The second-order valence-electron chi connectivity index (χ2n) is 9.07. The van der Waals surface area contributed by atoms with Crippen LogP contribution in [0.5, 0.6) is 0 Å². The Hall–Kier alpha value is -4.33. The van der Waals surface area contributed by atoms with Crippen LogP contribution < -0.4 is 5.32 Å². The zero-order valence-corrected chi connectivity index (χ0v) is 21.0. The van der Waals surface area contributed by atoms with Crippen molar-refractivity contribution in [1.82, 2.24) is 15.1 Å². The molecule has 3 aromatic rings. The topological polar surface area (TPSA) is 129 Å². The summed E-state index contributed by atoms with van der Waals surface area (Å²) in [4.78, 5) is 27.5. The van der Waals surface area contributed by atoms with Crippen molar-refractivity contribution in [3.05, 3.63) is 94.4 Å². The molecule has 0 saturated carbocycles. The maximum Gasteiger partial charge on any atom is 0.305 e. The van der Waals surface area contributed by atoms with E-state index in [-0.39, 0.29) is 24.6 Å². The van der Waals surface area contributed by atoms with E-state index in [0.29, 0.717) is 22.6 Å². The van der Waals surface area contributed by atoms with E-state index in [1.54, 1.807) is 30.3 Å². The van der Waals surface area contributed by atoms with Gasteiger partial charge in [-0.05, 0) is 41.8 Å². The Morgan fingerprint density at radius 3 is 2.53 bits per heavy atom. The smallest absolute Gasteiger partial charge is 0.305 e. The summed E-state index contributed by atoms with van der Waals surface area (Å²) in [6.07, 6.45) is -0.139. The van der Waals surface area contributed by atoms with Crippen molar-refractivity contribution in [2.24, 2.45) is 0 Å². The van der Waals surface area contributed by atoms with Gasteiger partial charge in [0.1, 0.15) is 5.82 Å². The van der Waals surface area contributed by atoms with Gasteiger partial charge in [0.15, 0.2) is 11.4 Å². The first-order chi connectivity index (χ1) is 18.1. The maximum absolute atomic E-state index is 13.6. The highest BCUT2D eigenvalue weighted by atomic mass is 19.1. The Morgan fingerprint density at radius 2 is 1.89 bits per heavy atom. The van der Waals surface area contributed by atoms with Gasteiger partial charge in [-0.3, -0.25) is 9.59 Å². The van der Waals surface area contributed by atoms with Crippen LogP contribution in [0.25, 0.3) is 16.6 Å². The van der Waals surface area contributed by atoms with Gasteiger partial charge in [0, 0.05) is 18.5 Å². The molecule has 0 aliphatic heterocycles. The second-order valence-corrected chi connectivity index (χ2v) is 9.07. The van der Waals surface area contributed by atoms with Gasteiger partial charge in [-0.25, -0.2) is 13.9 Å².